The van der Waals surface area contributed by atoms with E-state index < -0.39 is 5.63 Å². The van der Waals surface area contributed by atoms with Crippen LogP contribution in [0.3, 0.4) is 0 Å². The summed E-state index contributed by atoms with van der Waals surface area (Å²) in [4.78, 5) is 29.9. The summed E-state index contributed by atoms with van der Waals surface area (Å²) in [5, 5.41) is 1.83. The number of amides is 1. The summed E-state index contributed by atoms with van der Waals surface area (Å²) in [6, 6.07) is 14.0. The van der Waals surface area contributed by atoms with Gasteiger partial charge in [-0.25, -0.2) is 4.79 Å². The number of fused-ring (bicyclic) bond motifs is 2. The molecule has 6 heteroatoms. The summed E-state index contributed by atoms with van der Waals surface area (Å²) in [6.07, 6.45) is 6.03. The van der Waals surface area contributed by atoms with Crippen LogP contribution in [-0.4, -0.2) is 48.4 Å². The lowest BCUT2D eigenvalue weighted by Crippen LogP contribution is -2.49. The van der Waals surface area contributed by atoms with Gasteiger partial charge in [0, 0.05) is 49.6 Å². The van der Waals surface area contributed by atoms with Crippen molar-refractivity contribution in [3.63, 3.8) is 0 Å². The lowest BCUT2D eigenvalue weighted by atomic mass is 10.0. The number of furan rings is 1. The van der Waals surface area contributed by atoms with Crippen molar-refractivity contribution in [1.82, 2.24) is 9.80 Å². The lowest BCUT2D eigenvalue weighted by Gasteiger charge is -2.34. The van der Waals surface area contributed by atoms with Gasteiger partial charge >= 0.3 is 5.63 Å². The van der Waals surface area contributed by atoms with E-state index in [2.05, 4.69) is 29.2 Å². The van der Waals surface area contributed by atoms with Gasteiger partial charge in [-0.2, -0.15) is 0 Å². The predicted molar refractivity (Wildman–Crippen MR) is 134 cm³/mol. The fourth-order valence-electron chi connectivity index (χ4n) is 4.59. The summed E-state index contributed by atoms with van der Waals surface area (Å²) in [6.45, 7) is 7.66. The summed E-state index contributed by atoms with van der Waals surface area (Å²) >= 11 is 0. The Kier molecular flexibility index (Phi) is 6.07. The van der Waals surface area contributed by atoms with Crippen LogP contribution in [0.5, 0.6) is 0 Å². The first-order valence-corrected chi connectivity index (χ1v) is 11.7. The number of carbonyl (C=O) groups excluding carboxylic acids is 1. The van der Waals surface area contributed by atoms with Crippen LogP contribution in [0.15, 0.2) is 68.4 Å². The van der Waals surface area contributed by atoms with Crippen LogP contribution in [0, 0.1) is 13.8 Å². The topological polar surface area (TPSA) is 66.9 Å². The number of aryl methyl sites for hydroxylation is 2. The largest absolute Gasteiger partial charge is 0.464 e. The van der Waals surface area contributed by atoms with Gasteiger partial charge in [-0.05, 0) is 36.6 Å². The van der Waals surface area contributed by atoms with Crippen LogP contribution >= 0.6 is 0 Å². The smallest absolute Gasteiger partial charge is 0.340 e. The van der Waals surface area contributed by atoms with Crippen molar-refractivity contribution in [2.75, 3.05) is 32.7 Å². The Morgan fingerprint density at radius 1 is 1.00 bits per heavy atom. The fourth-order valence-corrected chi connectivity index (χ4v) is 4.59. The lowest BCUT2D eigenvalue weighted by molar-refractivity contribution is -0.132. The van der Waals surface area contributed by atoms with Crippen molar-refractivity contribution in [2.45, 2.75) is 20.3 Å². The maximum Gasteiger partial charge on any atom is 0.340 e. The van der Waals surface area contributed by atoms with Gasteiger partial charge in [0.2, 0.25) is 5.91 Å². The summed E-state index contributed by atoms with van der Waals surface area (Å²) in [5.74, 6) is -0.0326. The Balaban J connectivity index is 1.25. The Bertz CT molecular complexity index is 1420. The van der Waals surface area contributed by atoms with Gasteiger partial charge in [0.15, 0.2) is 0 Å². The molecule has 1 saturated heterocycles. The zero-order valence-electron chi connectivity index (χ0n) is 19.5. The molecule has 0 radical (unpaired) electrons. The highest BCUT2D eigenvalue weighted by Gasteiger charge is 2.23. The number of piperazine rings is 1. The van der Waals surface area contributed by atoms with Crippen molar-refractivity contribution >= 4 is 33.9 Å². The average Bonchev–Trinajstić information content (AvgIpc) is 3.21. The van der Waals surface area contributed by atoms with Crippen molar-refractivity contribution in [2.24, 2.45) is 0 Å². The van der Waals surface area contributed by atoms with E-state index in [4.69, 9.17) is 8.83 Å². The molecule has 0 aliphatic carbocycles. The zero-order chi connectivity index (χ0) is 23.7. The summed E-state index contributed by atoms with van der Waals surface area (Å²) in [7, 11) is 0. The van der Waals surface area contributed by atoms with E-state index in [1.807, 2.05) is 43.0 Å². The molecule has 3 heterocycles. The van der Waals surface area contributed by atoms with Gasteiger partial charge in [0.05, 0.1) is 18.2 Å². The molecule has 0 spiro atoms. The van der Waals surface area contributed by atoms with Crippen LogP contribution in [0.1, 0.15) is 22.3 Å². The van der Waals surface area contributed by atoms with E-state index in [1.54, 1.807) is 12.3 Å². The van der Waals surface area contributed by atoms with Crippen LogP contribution in [0.25, 0.3) is 28.0 Å². The van der Waals surface area contributed by atoms with Gasteiger partial charge in [0.25, 0.3) is 0 Å². The Morgan fingerprint density at radius 2 is 1.76 bits per heavy atom. The van der Waals surface area contributed by atoms with E-state index in [0.29, 0.717) is 29.8 Å². The van der Waals surface area contributed by atoms with E-state index >= 15 is 0 Å². The third kappa shape index (κ3) is 4.41. The monoisotopic (exact) mass is 456 g/mol. The summed E-state index contributed by atoms with van der Waals surface area (Å²) in [5.41, 5.74) is 4.16. The molecule has 4 aromatic rings. The Hall–Kier alpha value is -3.64. The standard InChI is InChI=1S/C28H28N2O4/c1-19-18-33-25-17-26-23(15-22(19)25)20(2)24(28(32)34-26)16-27(31)30-13-11-29(12-14-30)10-6-9-21-7-4-3-5-8-21/h3-9,15,17-18H,10-14,16H2,1-2H3/b9-6+. The maximum atomic E-state index is 13.0. The van der Waals surface area contributed by atoms with Crippen LogP contribution in [-0.2, 0) is 11.2 Å². The van der Waals surface area contributed by atoms with Crippen LogP contribution < -0.4 is 5.63 Å². The van der Waals surface area contributed by atoms with Gasteiger partial charge in [-0.1, -0.05) is 42.5 Å². The third-order valence-electron chi connectivity index (χ3n) is 6.70. The van der Waals surface area contributed by atoms with Crippen molar-refractivity contribution in [3.05, 3.63) is 87.5 Å². The highest BCUT2D eigenvalue weighted by molar-refractivity contribution is 5.96. The molecule has 0 unspecified atom stereocenters. The molecule has 0 N–H and O–H groups in total. The number of rotatable bonds is 5. The minimum absolute atomic E-state index is 0.0326. The van der Waals surface area contributed by atoms with Gasteiger partial charge in [-0.3, -0.25) is 9.69 Å². The molecule has 1 aliphatic rings. The van der Waals surface area contributed by atoms with Gasteiger partial charge in [0.1, 0.15) is 11.2 Å². The molecule has 0 atom stereocenters. The summed E-state index contributed by atoms with van der Waals surface area (Å²) < 4.78 is 11.1. The molecule has 0 saturated carbocycles. The predicted octanol–water partition coefficient (Wildman–Crippen LogP) is 4.56. The molecule has 0 bridgehead atoms. The molecule has 6 nitrogen and oxygen atoms in total. The molecule has 34 heavy (non-hydrogen) atoms. The highest BCUT2D eigenvalue weighted by atomic mass is 16.4. The second kappa shape index (κ2) is 9.31. The van der Waals surface area contributed by atoms with Crippen molar-refractivity contribution in [3.8, 4) is 0 Å². The molecule has 174 valence electrons. The first-order chi connectivity index (χ1) is 16.5. The van der Waals surface area contributed by atoms with E-state index in [9.17, 15) is 9.59 Å². The minimum Gasteiger partial charge on any atom is -0.464 e. The number of benzene rings is 2. The van der Waals surface area contributed by atoms with Gasteiger partial charge in [-0.15, -0.1) is 0 Å². The highest BCUT2D eigenvalue weighted by Crippen LogP contribution is 2.29. The van der Waals surface area contributed by atoms with E-state index in [-0.39, 0.29) is 12.3 Å². The molecule has 2 aromatic carbocycles. The molecule has 1 fully saturated rings. The average molecular weight is 457 g/mol. The Morgan fingerprint density at radius 3 is 2.53 bits per heavy atom. The molecule has 1 aliphatic heterocycles. The minimum atomic E-state index is -0.453. The molecular weight excluding hydrogens is 428 g/mol. The zero-order valence-corrected chi connectivity index (χ0v) is 19.5. The Labute approximate surface area is 198 Å². The first kappa shape index (κ1) is 22.2. The number of nitrogens with zero attached hydrogens (tertiary/aromatic N) is 2. The fraction of sp³-hybridized carbons (Fsp3) is 0.286. The maximum absolute atomic E-state index is 13.0. The number of hydrogen-bond donors (Lipinski definition) is 0. The second-order valence-corrected chi connectivity index (χ2v) is 8.93. The third-order valence-corrected chi connectivity index (χ3v) is 6.70. The van der Waals surface area contributed by atoms with E-state index in [1.165, 1.54) is 5.56 Å². The van der Waals surface area contributed by atoms with Gasteiger partial charge < -0.3 is 13.7 Å². The molecule has 1 amide bonds. The van der Waals surface area contributed by atoms with Crippen molar-refractivity contribution in [1.29, 1.82) is 0 Å². The van der Waals surface area contributed by atoms with E-state index in [0.717, 1.165) is 41.5 Å². The first-order valence-electron chi connectivity index (χ1n) is 11.7. The molecular formula is C28H28N2O4. The normalized spacial score (nSPS) is 15.1. The van der Waals surface area contributed by atoms with Crippen molar-refractivity contribution < 1.29 is 13.6 Å². The van der Waals surface area contributed by atoms with Crippen LogP contribution in [0.4, 0.5) is 0 Å². The molecule has 5 rings (SSSR count). The van der Waals surface area contributed by atoms with Crippen LogP contribution in [0.2, 0.25) is 0 Å². The second-order valence-electron chi connectivity index (χ2n) is 8.93. The number of carbonyl (C=O) groups is 1. The quantitative estimate of drug-likeness (QED) is 0.412. The SMILES string of the molecule is Cc1coc2cc3oc(=O)c(CC(=O)N4CCN(C/C=C/c5ccccc5)CC4)c(C)c3cc12. The molecule has 2 aromatic heterocycles. The number of hydrogen-bond acceptors (Lipinski definition) is 5.